The Balaban J connectivity index is 2.37. The maximum absolute atomic E-state index is 11.9. The molecule has 0 saturated carbocycles. The van der Waals surface area contributed by atoms with E-state index < -0.39 is 0 Å². The first-order valence-corrected chi connectivity index (χ1v) is 8.21. The van der Waals surface area contributed by atoms with Crippen LogP contribution in [-0.2, 0) is 11.3 Å². The molecule has 1 amide bonds. The van der Waals surface area contributed by atoms with E-state index in [0.717, 1.165) is 16.9 Å². The lowest BCUT2D eigenvalue weighted by atomic mass is 9.84. The standard InChI is InChI=1S/C17H26N2OS/c1-13(10-17(2,3)4)8-16(20)19-11-15-9-14(12-21-15)6-5-7-18/h9,12-13H,7-8,10-11,18H2,1-4H3,(H,19,20). The predicted octanol–water partition coefficient (Wildman–Crippen LogP) is 3.14. The second kappa shape index (κ2) is 8.21. The predicted molar refractivity (Wildman–Crippen MR) is 90.0 cm³/mol. The second-order valence-corrected chi connectivity index (χ2v) is 7.65. The van der Waals surface area contributed by atoms with Crippen molar-refractivity contribution >= 4 is 17.2 Å². The van der Waals surface area contributed by atoms with Gasteiger partial charge in [0.15, 0.2) is 0 Å². The highest BCUT2D eigenvalue weighted by Gasteiger charge is 2.17. The number of hydrogen-bond donors (Lipinski definition) is 2. The van der Waals surface area contributed by atoms with Gasteiger partial charge in [0.25, 0.3) is 0 Å². The summed E-state index contributed by atoms with van der Waals surface area (Å²) in [5.74, 6) is 6.34. The number of hydrogen-bond acceptors (Lipinski definition) is 3. The Morgan fingerprint density at radius 1 is 1.48 bits per heavy atom. The van der Waals surface area contributed by atoms with Gasteiger partial charge in [0.1, 0.15) is 0 Å². The summed E-state index contributed by atoms with van der Waals surface area (Å²) in [6.07, 6.45) is 1.64. The molecule has 1 aromatic rings. The van der Waals surface area contributed by atoms with Gasteiger partial charge in [0.2, 0.25) is 5.91 Å². The normalized spacial score (nSPS) is 12.4. The van der Waals surface area contributed by atoms with E-state index in [1.54, 1.807) is 11.3 Å². The van der Waals surface area contributed by atoms with Crippen molar-refractivity contribution in [2.45, 2.75) is 47.1 Å². The van der Waals surface area contributed by atoms with E-state index in [9.17, 15) is 4.79 Å². The Labute approximate surface area is 132 Å². The van der Waals surface area contributed by atoms with E-state index in [2.05, 4.69) is 44.9 Å². The fourth-order valence-corrected chi connectivity index (χ4v) is 3.14. The SMILES string of the molecule is CC(CC(=O)NCc1cc(C#CCN)cs1)CC(C)(C)C. The fraction of sp³-hybridized carbons (Fsp3) is 0.588. The minimum Gasteiger partial charge on any atom is -0.351 e. The Morgan fingerprint density at radius 2 is 2.19 bits per heavy atom. The molecule has 0 aliphatic heterocycles. The monoisotopic (exact) mass is 306 g/mol. The van der Waals surface area contributed by atoms with Crippen molar-refractivity contribution in [1.29, 1.82) is 0 Å². The first kappa shape index (κ1) is 17.7. The molecular weight excluding hydrogens is 280 g/mol. The van der Waals surface area contributed by atoms with Crippen molar-refractivity contribution < 1.29 is 4.79 Å². The molecule has 3 nitrogen and oxygen atoms in total. The van der Waals surface area contributed by atoms with Gasteiger partial charge in [-0.05, 0) is 23.8 Å². The van der Waals surface area contributed by atoms with Gasteiger partial charge in [-0.3, -0.25) is 4.79 Å². The number of nitrogens with one attached hydrogen (secondary N) is 1. The number of rotatable bonds is 5. The van der Waals surface area contributed by atoms with Crippen LogP contribution in [0.25, 0.3) is 0 Å². The molecular formula is C17H26N2OS. The van der Waals surface area contributed by atoms with E-state index in [1.807, 2.05) is 11.4 Å². The highest BCUT2D eigenvalue weighted by atomic mass is 32.1. The van der Waals surface area contributed by atoms with Crippen LogP contribution in [0.4, 0.5) is 0 Å². The average molecular weight is 306 g/mol. The molecule has 4 heteroatoms. The molecule has 0 aliphatic carbocycles. The van der Waals surface area contributed by atoms with Crippen LogP contribution in [-0.4, -0.2) is 12.5 Å². The molecule has 1 rings (SSSR count). The summed E-state index contributed by atoms with van der Waals surface area (Å²) < 4.78 is 0. The summed E-state index contributed by atoms with van der Waals surface area (Å²) in [4.78, 5) is 13.1. The summed E-state index contributed by atoms with van der Waals surface area (Å²) in [6.45, 7) is 9.70. The van der Waals surface area contributed by atoms with Crippen molar-refractivity contribution in [3.05, 3.63) is 21.9 Å². The van der Waals surface area contributed by atoms with Crippen molar-refractivity contribution in [3.63, 3.8) is 0 Å². The van der Waals surface area contributed by atoms with Crippen LogP contribution in [0.3, 0.4) is 0 Å². The summed E-state index contributed by atoms with van der Waals surface area (Å²) in [5, 5.41) is 4.98. The maximum Gasteiger partial charge on any atom is 0.220 e. The molecule has 0 bridgehead atoms. The lowest BCUT2D eigenvalue weighted by Gasteiger charge is -2.22. The molecule has 0 fully saturated rings. The van der Waals surface area contributed by atoms with Crippen molar-refractivity contribution in [2.24, 2.45) is 17.1 Å². The zero-order chi connectivity index (χ0) is 15.9. The van der Waals surface area contributed by atoms with Gasteiger partial charge in [0, 0.05) is 22.2 Å². The quantitative estimate of drug-likeness (QED) is 0.821. The third-order valence-corrected chi connectivity index (χ3v) is 3.88. The molecule has 0 aliphatic rings. The summed E-state index contributed by atoms with van der Waals surface area (Å²) in [7, 11) is 0. The molecule has 116 valence electrons. The molecule has 1 atom stereocenters. The molecule has 3 N–H and O–H groups in total. The smallest absolute Gasteiger partial charge is 0.220 e. The van der Waals surface area contributed by atoms with E-state index in [1.165, 1.54) is 0 Å². The Bertz CT molecular complexity index is 517. The lowest BCUT2D eigenvalue weighted by Crippen LogP contribution is -2.25. The zero-order valence-electron chi connectivity index (χ0n) is 13.5. The van der Waals surface area contributed by atoms with Gasteiger partial charge in [-0.25, -0.2) is 0 Å². The molecule has 0 saturated heterocycles. The second-order valence-electron chi connectivity index (χ2n) is 6.66. The molecule has 0 radical (unpaired) electrons. The first-order valence-electron chi connectivity index (χ1n) is 7.33. The fourth-order valence-electron chi connectivity index (χ4n) is 2.38. The van der Waals surface area contributed by atoms with Crippen LogP contribution in [0, 0.1) is 23.2 Å². The summed E-state index contributed by atoms with van der Waals surface area (Å²) >= 11 is 1.61. The zero-order valence-corrected chi connectivity index (χ0v) is 14.3. The highest BCUT2D eigenvalue weighted by molar-refractivity contribution is 7.10. The van der Waals surface area contributed by atoms with Gasteiger partial charge in [-0.15, -0.1) is 11.3 Å². The van der Waals surface area contributed by atoms with Crippen LogP contribution in [0.2, 0.25) is 0 Å². The first-order chi connectivity index (χ1) is 9.80. The van der Waals surface area contributed by atoms with Gasteiger partial charge in [-0.1, -0.05) is 39.5 Å². The van der Waals surface area contributed by atoms with Crippen LogP contribution in [0.15, 0.2) is 11.4 Å². The number of nitrogens with two attached hydrogens (primary N) is 1. The Morgan fingerprint density at radius 3 is 2.81 bits per heavy atom. The van der Waals surface area contributed by atoms with E-state index in [-0.39, 0.29) is 11.3 Å². The third kappa shape index (κ3) is 7.89. The van der Waals surface area contributed by atoms with E-state index >= 15 is 0 Å². The van der Waals surface area contributed by atoms with Crippen molar-refractivity contribution in [3.8, 4) is 11.8 Å². The van der Waals surface area contributed by atoms with Gasteiger partial charge >= 0.3 is 0 Å². The van der Waals surface area contributed by atoms with E-state index in [4.69, 9.17) is 5.73 Å². The summed E-state index contributed by atoms with van der Waals surface area (Å²) in [5.41, 5.74) is 6.58. The molecule has 0 aromatic carbocycles. The maximum atomic E-state index is 11.9. The van der Waals surface area contributed by atoms with Crippen LogP contribution < -0.4 is 11.1 Å². The highest BCUT2D eigenvalue weighted by Crippen LogP contribution is 2.25. The van der Waals surface area contributed by atoms with Crippen LogP contribution >= 0.6 is 11.3 Å². The Kier molecular flexibility index (Phi) is 6.94. The van der Waals surface area contributed by atoms with Crippen LogP contribution in [0.1, 0.15) is 51.0 Å². The minimum atomic E-state index is 0.120. The largest absolute Gasteiger partial charge is 0.351 e. The van der Waals surface area contributed by atoms with Gasteiger partial charge < -0.3 is 11.1 Å². The van der Waals surface area contributed by atoms with Gasteiger partial charge in [0.05, 0.1) is 13.1 Å². The Hall–Kier alpha value is -1.31. The van der Waals surface area contributed by atoms with Gasteiger partial charge in [-0.2, -0.15) is 0 Å². The number of amides is 1. The van der Waals surface area contributed by atoms with E-state index in [0.29, 0.717) is 25.4 Å². The molecule has 1 unspecified atom stereocenters. The molecule has 1 heterocycles. The third-order valence-electron chi connectivity index (χ3n) is 2.94. The van der Waals surface area contributed by atoms with Crippen molar-refractivity contribution in [1.82, 2.24) is 5.32 Å². The van der Waals surface area contributed by atoms with Crippen molar-refractivity contribution in [2.75, 3.05) is 6.54 Å². The topological polar surface area (TPSA) is 55.1 Å². The molecule has 0 spiro atoms. The minimum absolute atomic E-state index is 0.120. The average Bonchev–Trinajstić information content (AvgIpc) is 2.79. The molecule has 21 heavy (non-hydrogen) atoms. The lowest BCUT2D eigenvalue weighted by molar-refractivity contribution is -0.122. The van der Waals surface area contributed by atoms with Crippen LogP contribution in [0.5, 0.6) is 0 Å². The summed E-state index contributed by atoms with van der Waals surface area (Å²) in [6, 6.07) is 2.01. The molecule has 1 aromatic heterocycles. The number of thiophene rings is 1. The number of carbonyl (C=O) groups excluding carboxylic acids is 1. The number of carbonyl (C=O) groups is 1.